The molecule has 9 nitrogen and oxygen atoms in total. The number of rotatable bonds is 8. The normalized spacial score (nSPS) is 12.2. The lowest BCUT2D eigenvalue weighted by Crippen LogP contribution is -2.27. The Bertz CT molecular complexity index is 1660. The van der Waals surface area contributed by atoms with Crippen molar-refractivity contribution in [1.29, 1.82) is 0 Å². The smallest absolute Gasteiger partial charge is 0.228 e. The highest BCUT2D eigenvalue weighted by molar-refractivity contribution is 5.90. The van der Waals surface area contributed by atoms with Crippen molar-refractivity contribution in [3.05, 3.63) is 88.8 Å². The SMILES string of the molecule is Cc1cc(CC(=O)NC(C=NC(C)(C)C)=CN)c(F)cc1Oc1ccnc2ccc(-c3nnc(CO)cc3C)cc12. The molecule has 1 amide bonds. The van der Waals surface area contributed by atoms with Crippen LogP contribution in [0.25, 0.3) is 22.2 Å². The van der Waals surface area contributed by atoms with Gasteiger partial charge in [-0.15, -0.1) is 5.10 Å². The van der Waals surface area contributed by atoms with Gasteiger partial charge in [0, 0.05) is 35.6 Å². The van der Waals surface area contributed by atoms with Gasteiger partial charge in [-0.1, -0.05) is 6.07 Å². The first-order valence-corrected chi connectivity index (χ1v) is 13.0. The summed E-state index contributed by atoms with van der Waals surface area (Å²) in [7, 11) is 0. The Morgan fingerprint density at radius 3 is 2.56 bits per heavy atom. The van der Waals surface area contributed by atoms with Crippen molar-refractivity contribution in [3.8, 4) is 22.8 Å². The maximum absolute atomic E-state index is 15.2. The van der Waals surface area contributed by atoms with E-state index in [0.717, 1.165) is 11.1 Å². The number of carbonyl (C=O) groups is 1. The number of fused-ring (bicyclic) bond motifs is 1. The van der Waals surface area contributed by atoms with E-state index >= 15 is 4.39 Å². The summed E-state index contributed by atoms with van der Waals surface area (Å²) >= 11 is 0. The molecule has 0 saturated carbocycles. The van der Waals surface area contributed by atoms with Crippen molar-refractivity contribution < 1.29 is 19.0 Å². The molecule has 0 aliphatic carbocycles. The lowest BCUT2D eigenvalue weighted by atomic mass is 10.0. The molecule has 0 atom stereocenters. The number of nitrogens with one attached hydrogen (secondary N) is 1. The number of benzene rings is 2. The third kappa shape index (κ3) is 7.29. The van der Waals surface area contributed by atoms with Crippen LogP contribution >= 0.6 is 0 Å². The van der Waals surface area contributed by atoms with Crippen molar-refractivity contribution in [2.24, 2.45) is 10.7 Å². The number of aromatic nitrogens is 3. The van der Waals surface area contributed by atoms with Crippen molar-refractivity contribution in [3.63, 3.8) is 0 Å². The molecule has 0 fully saturated rings. The van der Waals surface area contributed by atoms with Gasteiger partial charge in [-0.2, -0.15) is 5.10 Å². The highest BCUT2D eigenvalue weighted by Crippen LogP contribution is 2.34. The topological polar surface area (TPSA) is 136 Å². The number of aryl methyl sites for hydroxylation is 2. The van der Waals surface area contributed by atoms with Crippen molar-refractivity contribution in [2.45, 2.75) is 53.2 Å². The number of aliphatic hydroxyl groups excluding tert-OH is 1. The minimum absolute atomic E-state index is 0.189. The molecule has 2 aromatic heterocycles. The Morgan fingerprint density at radius 2 is 1.88 bits per heavy atom. The first kappa shape index (κ1) is 29.3. The van der Waals surface area contributed by atoms with Gasteiger partial charge in [0.1, 0.15) is 17.3 Å². The second-order valence-electron chi connectivity index (χ2n) is 10.7. The monoisotopic (exact) mass is 556 g/mol. The van der Waals surface area contributed by atoms with Gasteiger partial charge < -0.3 is 20.9 Å². The van der Waals surface area contributed by atoms with Crippen LogP contribution in [0.4, 0.5) is 4.39 Å². The third-order valence-electron chi connectivity index (χ3n) is 6.14. The second kappa shape index (κ2) is 12.2. The summed E-state index contributed by atoms with van der Waals surface area (Å²) in [6.07, 6.45) is 4.16. The molecule has 0 spiro atoms. The highest BCUT2D eigenvalue weighted by atomic mass is 19.1. The van der Waals surface area contributed by atoms with E-state index in [0.29, 0.717) is 45.1 Å². The fourth-order valence-corrected chi connectivity index (χ4v) is 4.11. The van der Waals surface area contributed by atoms with Gasteiger partial charge in [0.2, 0.25) is 5.91 Å². The van der Waals surface area contributed by atoms with E-state index in [1.54, 1.807) is 31.3 Å². The summed E-state index contributed by atoms with van der Waals surface area (Å²) in [5, 5.41) is 21.0. The summed E-state index contributed by atoms with van der Waals surface area (Å²) < 4.78 is 21.3. The fraction of sp³-hybridized carbons (Fsp3) is 0.258. The lowest BCUT2D eigenvalue weighted by Gasteiger charge is -2.14. The number of nitrogens with zero attached hydrogens (tertiary/aromatic N) is 4. The predicted octanol–water partition coefficient (Wildman–Crippen LogP) is 5.06. The quantitative estimate of drug-likeness (QED) is 0.258. The number of halogens is 1. The number of pyridine rings is 1. The number of amides is 1. The van der Waals surface area contributed by atoms with Crippen LogP contribution in [-0.2, 0) is 17.8 Å². The molecule has 0 aliphatic rings. The van der Waals surface area contributed by atoms with E-state index in [-0.39, 0.29) is 24.1 Å². The summed E-state index contributed by atoms with van der Waals surface area (Å²) in [5.74, 6) is -0.200. The first-order chi connectivity index (χ1) is 19.5. The van der Waals surface area contributed by atoms with E-state index < -0.39 is 11.7 Å². The number of allylic oxidation sites excluding steroid dienone is 1. The molecule has 212 valence electrons. The maximum Gasteiger partial charge on any atom is 0.228 e. The average Bonchev–Trinajstić information content (AvgIpc) is 2.93. The number of aliphatic hydroxyl groups is 1. The minimum atomic E-state index is -0.573. The summed E-state index contributed by atoms with van der Waals surface area (Å²) in [4.78, 5) is 21.4. The van der Waals surface area contributed by atoms with Crippen LogP contribution in [0, 0.1) is 19.7 Å². The number of aliphatic imine (C=N–C) groups is 1. The zero-order valence-electron chi connectivity index (χ0n) is 23.7. The van der Waals surface area contributed by atoms with Crippen LogP contribution < -0.4 is 15.8 Å². The van der Waals surface area contributed by atoms with E-state index in [4.69, 9.17) is 10.5 Å². The van der Waals surface area contributed by atoms with Gasteiger partial charge in [-0.25, -0.2) is 4.39 Å². The number of carbonyl (C=O) groups excluding carboxylic acids is 1. The van der Waals surface area contributed by atoms with Crippen molar-refractivity contribution in [2.75, 3.05) is 0 Å². The Balaban J connectivity index is 1.57. The molecule has 0 bridgehead atoms. The summed E-state index contributed by atoms with van der Waals surface area (Å²) in [5.41, 5.74) is 9.99. The minimum Gasteiger partial charge on any atom is -0.456 e. The van der Waals surface area contributed by atoms with Gasteiger partial charge in [-0.3, -0.25) is 14.8 Å². The first-order valence-electron chi connectivity index (χ1n) is 13.0. The molecule has 4 N–H and O–H groups in total. The van der Waals surface area contributed by atoms with Crippen LogP contribution in [0.3, 0.4) is 0 Å². The molecule has 0 unspecified atom stereocenters. The number of hydrogen-bond acceptors (Lipinski definition) is 8. The van der Waals surface area contributed by atoms with Gasteiger partial charge in [0.05, 0.1) is 41.2 Å². The van der Waals surface area contributed by atoms with Gasteiger partial charge in [0.15, 0.2) is 0 Å². The van der Waals surface area contributed by atoms with Crippen molar-refractivity contribution in [1.82, 2.24) is 20.5 Å². The highest BCUT2D eigenvalue weighted by Gasteiger charge is 2.16. The molecule has 0 radical (unpaired) electrons. The zero-order chi connectivity index (χ0) is 29.7. The standard InChI is InChI=1S/C31H33FN6O3/c1-18-10-21(13-29(40)36-23(15-33)16-35-31(3,4)5)25(32)14-28(18)41-27-8-9-34-26-7-6-20(12-24(26)27)30-19(2)11-22(17-39)37-38-30/h6-12,14-16,39H,13,17,33H2,1-5H3,(H,36,40). The molecular formula is C31H33FN6O3. The van der Waals surface area contributed by atoms with E-state index in [1.165, 1.54) is 18.5 Å². The van der Waals surface area contributed by atoms with Gasteiger partial charge in [0.25, 0.3) is 0 Å². The molecule has 0 saturated heterocycles. The molecular weight excluding hydrogens is 523 g/mol. The average molecular weight is 557 g/mol. The molecule has 4 rings (SSSR count). The summed E-state index contributed by atoms with van der Waals surface area (Å²) in [6, 6.07) is 12.0. The molecule has 2 aromatic carbocycles. The van der Waals surface area contributed by atoms with Crippen LogP contribution in [0.5, 0.6) is 11.5 Å². The number of hydrogen-bond donors (Lipinski definition) is 3. The van der Waals surface area contributed by atoms with E-state index in [2.05, 4.69) is 25.5 Å². The lowest BCUT2D eigenvalue weighted by molar-refractivity contribution is -0.119. The second-order valence-corrected chi connectivity index (χ2v) is 10.7. The Morgan fingerprint density at radius 1 is 1.10 bits per heavy atom. The molecule has 0 aliphatic heterocycles. The molecule has 4 aromatic rings. The Kier molecular flexibility index (Phi) is 8.73. The third-order valence-corrected chi connectivity index (χ3v) is 6.14. The molecule has 41 heavy (non-hydrogen) atoms. The summed E-state index contributed by atoms with van der Waals surface area (Å²) in [6.45, 7) is 9.25. The Labute approximate surface area is 238 Å². The number of nitrogens with two attached hydrogens (primary N) is 1. The van der Waals surface area contributed by atoms with Crippen LogP contribution in [-0.4, -0.2) is 37.9 Å². The zero-order valence-corrected chi connectivity index (χ0v) is 23.7. The largest absolute Gasteiger partial charge is 0.456 e. The number of ether oxygens (including phenoxy) is 1. The van der Waals surface area contributed by atoms with Crippen molar-refractivity contribution >= 4 is 23.0 Å². The predicted molar refractivity (Wildman–Crippen MR) is 157 cm³/mol. The van der Waals surface area contributed by atoms with Crippen LogP contribution in [0.2, 0.25) is 0 Å². The van der Waals surface area contributed by atoms with Gasteiger partial charge >= 0.3 is 0 Å². The van der Waals surface area contributed by atoms with Crippen LogP contribution in [0.15, 0.2) is 65.6 Å². The van der Waals surface area contributed by atoms with E-state index in [1.807, 2.05) is 45.9 Å². The van der Waals surface area contributed by atoms with Crippen LogP contribution in [0.1, 0.15) is 43.2 Å². The Hall–Kier alpha value is -4.70. The maximum atomic E-state index is 15.2. The molecule has 2 heterocycles. The molecule has 10 heteroatoms. The fourth-order valence-electron chi connectivity index (χ4n) is 4.11. The van der Waals surface area contributed by atoms with E-state index in [9.17, 15) is 9.90 Å². The van der Waals surface area contributed by atoms with Gasteiger partial charge in [-0.05, 0) is 81.6 Å².